The summed E-state index contributed by atoms with van der Waals surface area (Å²) in [6.07, 6.45) is -0.284. The quantitative estimate of drug-likeness (QED) is 0.489. The van der Waals surface area contributed by atoms with Crippen LogP contribution in [0, 0.1) is 0 Å². The van der Waals surface area contributed by atoms with Crippen molar-refractivity contribution < 1.29 is 29.3 Å². The maximum Gasteiger partial charge on any atom is 0.407 e. The summed E-state index contributed by atoms with van der Waals surface area (Å²) in [5.74, 6) is -1.85. The highest BCUT2D eigenvalue weighted by Gasteiger charge is 2.31. The zero-order chi connectivity index (χ0) is 23.1. The fraction of sp³-hybridized carbons (Fsp3) is 0.375. The number of nitrogens with zero attached hydrogens (tertiary/aromatic N) is 1. The number of carbonyl (C=O) groups excluding carboxylic acids is 2. The van der Waals surface area contributed by atoms with E-state index in [1.807, 2.05) is 48.5 Å². The number of ether oxygens (including phenoxy) is 1. The van der Waals surface area contributed by atoms with Gasteiger partial charge in [0.2, 0.25) is 5.91 Å². The molecule has 32 heavy (non-hydrogen) atoms. The number of nitrogens with one attached hydrogen (secondary N) is 1. The smallest absolute Gasteiger partial charge is 0.407 e. The van der Waals surface area contributed by atoms with E-state index in [4.69, 9.17) is 14.9 Å². The Balaban J connectivity index is 1.64. The molecule has 2 aromatic carbocycles. The van der Waals surface area contributed by atoms with Gasteiger partial charge in [0.1, 0.15) is 12.6 Å². The van der Waals surface area contributed by atoms with Gasteiger partial charge < -0.3 is 25.2 Å². The number of aliphatic hydroxyl groups excluding tert-OH is 1. The first-order valence-corrected chi connectivity index (χ1v) is 10.6. The monoisotopic (exact) mass is 440 g/mol. The second kappa shape index (κ2) is 10.8. The molecule has 1 aliphatic rings. The number of benzene rings is 2. The number of rotatable bonds is 10. The van der Waals surface area contributed by atoms with Crippen molar-refractivity contribution in [3.05, 3.63) is 59.7 Å². The Bertz CT molecular complexity index is 931. The Kier molecular flexibility index (Phi) is 7.83. The summed E-state index contributed by atoms with van der Waals surface area (Å²) in [6, 6.07) is 14.6. The van der Waals surface area contributed by atoms with E-state index in [1.165, 1.54) is 11.9 Å². The van der Waals surface area contributed by atoms with Crippen LogP contribution in [-0.4, -0.2) is 65.9 Å². The first-order valence-electron chi connectivity index (χ1n) is 10.6. The number of fused-ring (bicyclic) bond motifs is 3. The molecule has 0 radical (unpaired) electrons. The average Bonchev–Trinajstić information content (AvgIpc) is 3.10. The second-order valence-corrected chi connectivity index (χ2v) is 7.81. The molecule has 2 amide bonds. The van der Waals surface area contributed by atoms with Crippen LogP contribution in [0.1, 0.15) is 36.3 Å². The van der Waals surface area contributed by atoms with Crippen molar-refractivity contribution in [1.29, 1.82) is 0 Å². The summed E-state index contributed by atoms with van der Waals surface area (Å²) in [7, 11) is 1.54. The lowest BCUT2D eigenvalue weighted by atomic mass is 9.98. The first kappa shape index (κ1) is 23.3. The number of unbranched alkanes of at least 4 members (excludes halogenated alkanes) is 1. The highest BCUT2D eigenvalue weighted by Crippen LogP contribution is 2.44. The molecule has 0 bridgehead atoms. The van der Waals surface area contributed by atoms with Crippen molar-refractivity contribution in [2.45, 2.75) is 31.2 Å². The number of aliphatic hydroxyl groups is 1. The average molecular weight is 440 g/mol. The van der Waals surface area contributed by atoms with Crippen LogP contribution in [0.25, 0.3) is 11.1 Å². The number of carboxylic acids is 1. The molecule has 0 saturated carbocycles. The lowest BCUT2D eigenvalue weighted by molar-refractivity contribution is -0.142. The summed E-state index contributed by atoms with van der Waals surface area (Å²) in [6.45, 7) is 0.431. The van der Waals surface area contributed by atoms with E-state index in [1.54, 1.807) is 0 Å². The topological polar surface area (TPSA) is 116 Å². The molecule has 2 aromatic rings. The molecule has 0 saturated heterocycles. The number of amides is 2. The summed E-state index contributed by atoms with van der Waals surface area (Å²) in [4.78, 5) is 37.7. The lowest BCUT2D eigenvalue weighted by Gasteiger charge is -2.24. The number of hydrogen-bond donors (Lipinski definition) is 3. The molecule has 1 unspecified atom stereocenters. The maximum atomic E-state index is 12.6. The van der Waals surface area contributed by atoms with Gasteiger partial charge in [-0.3, -0.25) is 9.59 Å². The fourth-order valence-corrected chi connectivity index (χ4v) is 3.99. The molecule has 0 aromatic heterocycles. The minimum Gasteiger partial charge on any atom is -0.481 e. The molecule has 3 N–H and O–H groups in total. The number of likely N-dealkylation sites (N-methyl/N-ethyl adjacent to an activating group) is 1. The zero-order valence-corrected chi connectivity index (χ0v) is 18.0. The van der Waals surface area contributed by atoms with Crippen LogP contribution in [-0.2, 0) is 14.3 Å². The van der Waals surface area contributed by atoms with Gasteiger partial charge >= 0.3 is 12.1 Å². The second-order valence-electron chi connectivity index (χ2n) is 7.81. The number of aliphatic carboxylic acids is 1. The van der Waals surface area contributed by atoms with Crippen molar-refractivity contribution in [2.24, 2.45) is 0 Å². The zero-order valence-electron chi connectivity index (χ0n) is 18.0. The van der Waals surface area contributed by atoms with Crippen LogP contribution in [0.3, 0.4) is 0 Å². The maximum absolute atomic E-state index is 12.6. The van der Waals surface area contributed by atoms with Crippen LogP contribution in [0.15, 0.2) is 48.5 Å². The normalized spacial score (nSPS) is 13.1. The van der Waals surface area contributed by atoms with Crippen LogP contribution in [0.4, 0.5) is 4.79 Å². The van der Waals surface area contributed by atoms with Crippen molar-refractivity contribution >= 4 is 18.0 Å². The molecular formula is C24H28N2O6. The van der Waals surface area contributed by atoms with E-state index in [9.17, 15) is 14.4 Å². The van der Waals surface area contributed by atoms with E-state index in [2.05, 4.69) is 5.32 Å². The molecule has 3 rings (SSSR count). The van der Waals surface area contributed by atoms with Gasteiger partial charge in [0.25, 0.3) is 0 Å². The Morgan fingerprint density at radius 2 is 1.62 bits per heavy atom. The van der Waals surface area contributed by atoms with Crippen LogP contribution >= 0.6 is 0 Å². The molecule has 170 valence electrons. The number of carboxylic acid groups (broad SMARTS) is 1. The van der Waals surface area contributed by atoms with Crippen molar-refractivity contribution in [3.63, 3.8) is 0 Å². The summed E-state index contributed by atoms with van der Waals surface area (Å²) in [5, 5.41) is 20.5. The molecule has 1 atom stereocenters. The lowest BCUT2D eigenvalue weighted by Crippen LogP contribution is -2.49. The Hall–Kier alpha value is -3.39. The minimum atomic E-state index is -1.23. The van der Waals surface area contributed by atoms with Crippen molar-refractivity contribution in [1.82, 2.24) is 10.2 Å². The largest absolute Gasteiger partial charge is 0.481 e. The summed E-state index contributed by atoms with van der Waals surface area (Å²) in [5.41, 5.74) is 4.31. The third-order valence-electron chi connectivity index (χ3n) is 5.59. The minimum absolute atomic E-state index is 0.0125. The van der Waals surface area contributed by atoms with E-state index in [0.717, 1.165) is 22.3 Å². The number of hydrogen-bond acceptors (Lipinski definition) is 5. The predicted molar refractivity (Wildman–Crippen MR) is 118 cm³/mol. The van der Waals surface area contributed by atoms with Gasteiger partial charge in [0.05, 0.1) is 6.42 Å². The Morgan fingerprint density at radius 1 is 1.03 bits per heavy atom. The molecule has 1 aliphatic carbocycles. The third kappa shape index (κ3) is 5.45. The fourth-order valence-electron chi connectivity index (χ4n) is 3.99. The van der Waals surface area contributed by atoms with Crippen LogP contribution in [0.5, 0.6) is 0 Å². The van der Waals surface area contributed by atoms with E-state index < -0.39 is 30.4 Å². The third-order valence-corrected chi connectivity index (χ3v) is 5.59. The molecule has 0 fully saturated rings. The molecular weight excluding hydrogens is 412 g/mol. The van der Waals surface area contributed by atoms with Crippen molar-refractivity contribution in [2.75, 3.05) is 26.8 Å². The van der Waals surface area contributed by atoms with Gasteiger partial charge in [-0.15, -0.1) is 0 Å². The molecule has 0 spiro atoms. The van der Waals surface area contributed by atoms with Gasteiger partial charge in [0, 0.05) is 26.1 Å². The van der Waals surface area contributed by atoms with E-state index >= 15 is 0 Å². The molecule has 8 heteroatoms. The van der Waals surface area contributed by atoms with Crippen LogP contribution < -0.4 is 5.32 Å². The van der Waals surface area contributed by atoms with Gasteiger partial charge in [-0.2, -0.15) is 0 Å². The van der Waals surface area contributed by atoms with Gasteiger partial charge in [-0.05, 0) is 35.1 Å². The van der Waals surface area contributed by atoms with Crippen molar-refractivity contribution in [3.8, 4) is 11.1 Å². The van der Waals surface area contributed by atoms with E-state index in [0.29, 0.717) is 19.4 Å². The highest BCUT2D eigenvalue weighted by molar-refractivity contribution is 5.89. The van der Waals surface area contributed by atoms with Gasteiger partial charge in [-0.1, -0.05) is 48.5 Å². The Morgan fingerprint density at radius 3 is 2.19 bits per heavy atom. The first-order chi connectivity index (χ1) is 15.4. The standard InChI is InChI=1S/C24H28N2O6/c1-26(12-6-7-13-27)23(30)21(14-22(28)29)25-24(31)32-15-20-18-10-4-2-8-16(18)17-9-3-5-11-19(17)20/h2-5,8-11,20-21,27H,6-7,12-15H2,1H3,(H,25,31)(H,28,29). The Labute approximate surface area is 186 Å². The highest BCUT2D eigenvalue weighted by atomic mass is 16.5. The molecule has 0 heterocycles. The number of carbonyl (C=O) groups is 3. The SMILES string of the molecule is CN(CCCCO)C(=O)C(CC(=O)O)NC(=O)OCC1c2ccccc2-c2ccccc21. The molecule has 0 aliphatic heterocycles. The van der Waals surface area contributed by atoms with Gasteiger partial charge in [0.15, 0.2) is 0 Å². The molecule has 8 nitrogen and oxygen atoms in total. The van der Waals surface area contributed by atoms with E-state index in [-0.39, 0.29) is 19.1 Å². The van der Waals surface area contributed by atoms with Crippen LogP contribution in [0.2, 0.25) is 0 Å². The summed E-state index contributed by atoms with van der Waals surface area (Å²) < 4.78 is 5.43. The summed E-state index contributed by atoms with van der Waals surface area (Å²) >= 11 is 0. The van der Waals surface area contributed by atoms with Gasteiger partial charge in [-0.25, -0.2) is 4.79 Å². The predicted octanol–water partition coefficient (Wildman–Crippen LogP) is 2.60. The number of alkyl carbamates (subject to hydrolysis) is 1.